The Labute approximate surface area is 82.1 Å². The molecule has 0 amide bonds. The molecule has 0 unspecified atom stereocenters. The molecule has 2 N–H and O–H groups in total. The summed E-state index contributed by atoms with van der Waals surface area (Å²) >= 11 is 3.54. The highest BCUT2D eigenvalue weighted by Gasteiger charge is 1.98. The SMILES string of the molecule is CCc1ccc(CCN)cc1Br. The molecule has 1 aromatic rings. The van der Waals surface area contributed by atoms with Crippen molar-refractivity contribution in [3.63, 3.8) is 0 Å². The first-order valence-corrected chi connectivity index (χ1v) is 5.04. The molecular weight excluding hydrogens is 214 g/mol. The minimum absolute atomic E-state index is 0.720. The van der Waals surface area contributed by atoms with Gasteiger partial charge < -0.3 is 5.73 Å². The summed E-state index contributed by atoms with van der Waals surface area (Å²) in [6.45, 7) is 2.88. The predicted molar refractivity (Wildman–Crippen MR) is 56.3 cm³/mol. The highest BCUT2D eigenvalue weighted by Crippen LogP contribution is 2.19. The van der Waals surface area contributed by atoms with Gasteiger partial charge in [0.25, 0.3) is 0 Å². The molecule has 0 atom stereocenters. The van der Waals surface area contributed by atoms with E-state index in [1.165, 1.54) is 15.6 Å². The van der Waals surface area contributed by atoms with Crippen molar-refractivity contribution < 1.29 is 0 Å². The molecule has 0 aliphatic heterocycles. The molecule has 1 nitrogen and oxygen atoms in total. The minimum atomic E-state index is 0.720. The number of rotatable bonds is 3. The van der Waals surface area contributed by atoms with Gasteiger partial charge in [-0.15, -0.1) is 0 Å². The van der Waals surface area contributed by atoms with E-state index in [4.69, 9.17) is 5.73 Å². The molecule has 2 heteroatoms. The average molecular weight is 228 g/mol. The summed E-state index contributed by atoms with van der Waals surface area (Å²) < 4.78 is 1.20. The molecule has 0 aliphatic carbocycles. The molecule has 0 bridgehead atoms. The van der Waals surface area contributed by atoms with Gasteiger partial charge in [-0.25, -0.2) is 0 Å². The monoisotopic (exact) mass is 227 g/mol. The average Bonchev–Trinajstić information content (AvgIpc) is 2.05. The lowest BCUT2D eigenvalue weighted by Crippen LogP contribution is -2.02. The van der Waals surface area contributed by atoms with Gasteiger partial charge in [-0.1, -0.05) is 35.0 Å². The van der Waals surface area contributed by atoms with Crippen molar-refractivity contribution in [2.45, 2.75) is 19.8 Å². The first-order chi connectivity index (χ1) is 5.77. The van der Waals surface area contributed by atoms with Crippen LogP contribution < -0.4 is 5.73 Å². The van der Waals surface area contributed by atoms with Gasteiger partial charge in [0.05, 0.1) is 0 Å². The zero-order chi connectivity index (χ0) is 8.97. The van der Waals surface area contributed by atoms with E-state index >= 15 is 0 Å². The summed E-state index contributed by atoms with van der Waals surface area (Å²) in [6, 6.07) is 6.47. The maximum Gasteiger partial charge on any atom is 0.0209 e. The Morgan fingerprint density at radius 2 is 2.17 bits per heavy atom. The molecule has 0 fully saturated rings. The first-order valence-electron chi connectivity index (χ1n) is 4.25. The lowest BCUT2D eigenvalue weighted by molar-refractivity contribution is 0.963. The van der Waals surface area contributed by atoms with Crippen LogP contribution in [0.2, 0.25) is 0 Å². The first kappa shape index (κ1) is 9.75. The summed E-state index contributed by atoms with van der Waals surface area (Å²) in [5.41, 5.74) is 8.13. The third-order valence-electron chi connectivity index (χ3n) is 1.93. The third kappa shape index (κ3) is 2.32. The van der Waals surface area contributed by atoms with Crippen LogP contribution in [0, 0.1) is 0 Å². The van der Waals surface area contributed by atoms with Crippen LogP contribution in [0.15, 0.2) is 22.7 Å². The highest BCUT2D eigenvalue weighted by molar-refractivity contribution is 9.10. The highest BCUT2D eigenvalue weighted by atomic mass is 79.9. The van der Waals surface area contributed by atoms with Gasteiger partial charge in [-0.2, -0.15) is 0 Å². The van der Waals surface area contributed by atoms with Crippen molar-refractivity contribution in [3.8, 4) is 0 Å². The lowest BCUT2D eigenvalue weighted by atomic mass is 10.1. The van der Waals surface area contributed by atoms with E-state index in [0.717, 1.165) is 19.4 Å². The van der Waals surface area contributed by atoms with Crippen molar-refractivity contribution in [1.82, 2.24) is 0 Å². The molecule has 0 saturated carbocycles. The van der Waals surface area contributed by atoms with E-state index in [-0.39, 0.29) is 0 Å². The van der Waals surface area contributed by atoms with Gasteiger partial charge in [0.2, 0.25) is 0 Å². The standard InChI is InChI=1S/C10H14BrN/c1-2-9-4-3-8(5-6-12)7-10(9)11/h3-4,7H,2,5-6,12H2,1H3. The van der Waals surface area contributed by atoms with E-state index < -0.39 is 0 Å². The molecule has 1 rings (SSSR count). The summed E-state index contributed by atoms with van der Waals surface area (Å²) in [4.78, 5) is 0. The Bertz CT molecular complexity index is 258. The second-order valence-corrected chi connectivity index (χ2v) is 3.67. The number of aryl methyl sites for hydroxylation is 1. The van der Waals surface area contributed by atoms with Crippen LogP contribution in [-0.4, -0.2) is 6.54 Å². The zero-order valence-corrected chi connectivity index (χ0v) is 8.89. The Morgan fingerprint density at radius 3 is 2.67 bits per heavy atom. The molecular formula is C10H14BrN. The zero-order valence-electron chi connectivity index (χ0n) is 7.31. The van der Waals surface area contributed by atoms with Crippen molar-refractivity contribution >= 4 is 15.9 Å². The van der Waals surface area contributed by atoms with Crippen molar-refractivity contribution in [3.05, 3.63) is 33.8 Å². The maximum atomic E-state index is 5.47. The Morgan fingerprint density at radius 1 is 1.42 bits per heavy atom. The number of nitrogens with two attached hydrogens (primary N) is 1. The van der Waals surface area contributed by atoms with E-state index in [0.29, 0.717) is 0 Å². The number of benzene rings is 1. The fourth-order valence-electron chi connectivity index (χ4n) is 1.20. The lowest BCUT2D eigenvalue weighted by Gasteiger charge is -2.03. The molecule has 0 spiro atoms. The Kier molecular flexibility index (Phi) is 3.76. The summed E-state index contributed by atoms with van der Waals surface area (Å²) in [7, 11) is 0. The number of hydrogen-bond acceptors (Lipinski definition) is 1. The van der Waals surface area contributed by atoms with Crippen LogP contribution in [0.4, 0.5) is 0 Å². The molecule has 1 aromatic carbocycles. The van der Waals surface area contributed by atoms with Gasteiger partial charge in [0, 0.05) is 4.47 Å². The van der Waals surface area contributed by atoms with Crippen LogP contribution in [0.5, 0.6) is 0 Å². The van der Waals surface area contributed by atoms with Crippen LogP contribution in [-0.2, 0) is 12.8 Å². The van der Waals surface area contributed by atoms with Gasteiger partial charge in [-0.3, -0.25) is 0 Å². The summed E-state index contributed by atoms with van der Waals surface area (Å²) in [6.07, 6.45) is 2.03. The van der Waals surface area contributed by atoms with Gasteiger partial charge in [-0.05, 0) is 36.6 Å². The van der Waals surface area contributed by atoms with Crippen molar-refractivity contribution in [1.29, 1.82) is 0 Å². The van der Waals surface area contributed by atoms with E-state index in [1.54, 1.807) is 0 Å². The van der Waals surface area contributed by atoms with E-state index in [1.807, 2.05) is 0 Å². The number of halogens is 1. The molecule has 0 heterocycles. The van der Waals surface area contributed by atoms with Crippen LogP contribution in [0.3, 0.4) is 0 Å². The van der Waals surface area contributed by atoms with Gasteiger partial charge in [0.1, 0.15) is 0 Å². The normalized spacial score (nSPS) is 10.2. The minimum Gasteiger partial charge on any atom is -0.330 e. The second-order valence-electron chi connectivity index (χ2n) is 2.82. The quantitative estimate of drug-likeness (QED) is 0.845. The van der Waals surface area contributed by atoms with E-state index in [9.17, 15) is 0 Å². The molecule has 0 radical (unpaired) electrons. The van der Waals surface area contributed by atoms with Crippen LogP contribution in [0.25, 0.3) is 0 Å². The van der Waals surface area contributed by atoms with Gasteiger partial charge in [0.15, 0.2) is 0 Å². The fraction of sp³-hybridized carbons (Fsp3) is 0.400. The fourth-order valence-corrected chi connectivity index (χ4v) is 1.91. The van der Waals surface area contributed by atoms with Gasteiger partial charge >= 0.3 is 0 Å². The summed E-state index contributed by atoms with van der Waals surface area (Å²) in [5, 5.41) is 0. The Balaban J connectivity index is 2.86. The van der Waals surface area contributed by atoms with Crippen molar-refractivity contribution in [2.24, 2.45) is 5.73 Å². The number of hydrogen-bond donors (Lipinski definition) is 1. The van der Waals surface area contributed by atoms with Crippen LogP contribution >= 0.6 is 15.9 Å². The maximum absolute atomic E-state index is 5.47. The second kappa shape index (κ2) is 4.63. The van der Waals surface area contributed by atoms with Crippen molar-refractivity contribution in [2.75, 3.05) is 6.54 Å². The summed E-state index contributed by atoms with van der Waals surface area (Å²) in [5.74, 6) is 0. The third-order valence-corrected chi connectivity index (χ3v) is 2.67. The molecule has 0 saturated heterocycles. The molecule has 0 aromatic heterocycles. The smallest absolute Gasteiger partial charge is 0.0209 e. The molecule has 0 aliphatic rings. The largest absolute Gasteiger partial charge is 0.330 e. The van der Waals surface area contributed by atoms with E-state index in [2.05, 4.69) is 41.1 Å². The molecule has 12 heavy (non-hydrogen) atoms. The topological polar surface area (TPSA) is 26.0 Å². The predicted octanol–water partition coefficient (Wildman–Crippen LogP) is 2.51. The Hall–Kier alpha value is -0.340. The van der Waals surface area contributed by atoms with Crippen LogP contribution in [0.1, 0.15) is 18.1 Å². The molecule has 66 valence electrons.